The van der Waals surface area contributed by atoms with Gasteiger partial charge in [0.1, 0.15) is 5.82 Å². The Morgan fingerprint density at radius 3 is 2.67 bits per heavy atom. The van der Waals surface area contributed by atoms with E-state index in [1.807, 2.05) is 0 Å². The molecule has 1 rings (SSSR count). The van der Waals surface area contributed by atoms with Crippen molar-refractivity contribution in [3.05, 3.63) is 29.8 Å². The number of nitrogens with two attached hydrogens (primary N) is 1. The average molecular weight is 210 g/mol. The SMILES string of the molecule is CC(C)(C)CCC(N)c1ncccc1F. The van der Waals surface area contributed by atoms with Gasteiger partial charge in [-0.15, -0.1) is 0 Å². The van der Waals surface area contributed by atoms with E-state index >= 15 is 0 Å². The highest BCUT2D eigenvalue weighted by molar-refractivity contribution is 5.10. The molecule has 0 amide bonds. The summed E-state index contributed by atoms with van der Waals surface area (Å²) in [5.41, 5.74) is 6.50. The van der Waals surface area contributed by atoms with E-state index in [0.29, 0.717) is 5.69 Å². The molecule has 0 spiro atoms. The third-order valence-electron chi connectivity index (χ3n) is 2.34. The van der Waals surface area contributed by atoms with Crippen molar-refractivity contribution < 1.29 is 4.39 Å². The molecule has 2 N–H and O–H groups in total. The first-order chi connectivity index (χ1) is 6.90. The van der Waals surface area contributed by atoms with Crippen molar-refractivity contribution in [2.24, 2.45) is 11.1 Å². The van der Waals surface area contributed by atoms with Crippen LogP contribution in [0.2, 0.25) is 0 Å². The number of aromatic nitrogens is 1. The molecule has 1 heterocycles. The summed E-state index contributed by atoms with van der Waals surface area (Å²) in [7, 11) is 0. The predicted molar refractivity (Wildman–Crippen MR) is 59.8 cm³/mol. The van der Waals surface area contributed by atoms with Crippen molar-refractivity contribution in [2.75, 3.05) is 0 Å². The van der Waals surface area contributed by atoms with Crippen LogP contribution in [0.25, 0.3) is 0 Å². The van der Waals surface area contributed by atoms with Gasteiger partial charge in [-0.2, -0.15) is 0 Å². The quantitative estimate of drug-likeness (QED) is 0.832. The number of pyridine rings is 1. The maximum Gasteiger partial charge on any atom is 0.146 e. The molecular formula is C12H19FN2. The summed E-state index contributed by atoms with van der Waals surface area (Å²) in [6.45, 7) is 6.44. The number of rotatable bonds is 3. The van der Waals surface area contributed by atoms with Gasteiger partial charge in [0.15, 0.2) is 0 Å². The lowest BCUT2D eigenvalue weighted by atomic mass is 9.88. The lowest BCUT2D eigenvalue weighted by Gasteiger charge is -2.20. The minimum atomic E-state index is -0.307. The second kappa shape index (κ2) is 4.71. The molecule has 0 fully saturated rings. The van der Waals surface area contributed by atoms with Gasteiger partial charge < -0.3 is 5.73 Å². The van der Waals surface area contributed by atoms with E-state index in [1.165, 1.54) is 6.07 Å². The summed E-state index contributed by atoms with van der Waals surface area (Å²) in [5.74, 6) is -0.307. The van der Waals surface area contributed by atoms with Crippen LogP contribution in [0.5, 0.6) is 0 Å². The van der Waals surface area contributed by atoms with E-state index in [0.717, 1.165) is 12.8 Å². The summed E-state index contributed by atoms with van der Waals surface area (Å²) in [5, 5.41) is 0. The van der Waals surface area contributed by atoms with Gasteiger partial charge in [-0.05, 0) is 30.4 Å². The van der Waals surface area contributed by atoms with E-state index in [4.69, 9.17) is 5.73 Å². The van der Waals surface area contributed by atoms with Crippen LogP contribution in [0.15, 0.2) is 18.3 Å². The van der Waals surface area contributed by atoms with Crippen LogP contribution in [0.1, 0.15) is 45.3 Å². The number of halogens is 1. The zero-order valence-corrected chi connectivity index (χ0v) is 9.63. The van der Waals surface area contributed by atoms with E-state index in [9.17, 15) is 4.39 Å². The third-order valence-corrected chi connectivity index (χ3v) is 2.34. The molecule has 0 aliphatic heterocycles. The van der Waals surface area contributed by atoms with Crippen molar-refractivity contribution in [1.29, 1.82) is 0 Å². The second-order valence-corrected chi connectivity index (χ2v) is 5.08. The smallest absolute Gasteiger partial charge is 0.146 e. The zero-order valence-electron chi connectivity index (χ0n) is 9.63. The summed E-state index contributed by atoms with van der Waals surface area (Å²) < 4.78 is 13.3. The molecule has 3 heteroatoms. The Bertz CT molecular complexity index is 318. The Labute approximate surface area is 90.7 Å². The van der Waals surface area contributed by atoms with Crippen LogP contribution in [-0.2, 0) is 0 Å². The maximum absolute atomic E-state index is 13.3. The molecule has 0 saturated heterocycles. The monoisotopic (exact) mass is 210 g/mol. The van der Waals surface area contributed by atoms with Crippen LogP contribution < -0.4 is 5.73 Å². The third kappa shape index (κ3) is 3.96. The fourth-order valence-electron chi connectivity index (χ4n) is 1.40. The van der Waals surface area contributed by atoms with Crippen LogP contribution in [0.4, 0.5) is 4.39 Å². The molecule has 0 aliphatic rings. The first-order valence-electron chi connectivity index (χ1n) is 5.26. The largest absolute Gasteiger partial charge is 0.323 e. The molecule has 0 saturated carbocycles. The van der Waals surface area contributed by atoms with Crippen LogP contribution in [-0.4, -0.2) is 4.98 Å². The van der Waals surface area contributed by atoms with Crippen LogP contribution in [0, 0.1) is 11.2 Å². The molecule has 0 bridgehead atoms. The van der Waals surface area contributed by atoms with Gasteiger partial charge >= 0.3 is 0 Å². The number of hydrogen-bond acceptors (Lipinski definition) is 2. The fourth-order valence-corrected chi connectivity index (χ4v) is 1.40. The van der Waals surface area contributed by atoms with Gasteiger partial charge in [0.2, 0.25) is 0 Å². The normalized spacial score (nSPS) is 13.9. The predicted octanol–water partition coefficient (Wildman–Crippen LogP) is 3.05. The van der Waals surface area contributed by atoms with Gasteiger partial charge in [0, 0.05) is 12.2 Å². The minimum absolute atomic E-state index is 0.225. The second-order valence-electron chi connectivity index (χ2n) is 5.08. The first-order valence-corrected chi connectivity index (χ1v) is 5.26. The highest BCUT2D eigenvalue weighted by atomic mass is 19.1. The Morgan fingerprint density at radius 1 is 1.47 bits per heavy atom. The van der Waals surface area contributed by atoms with Gasteiger partial charge in [0.25, 0.3) is 0 Å². The van der Waals surface area contributed by atoms with Gasteiger partial charge in [0.05, 0.1) is 5.69 Å². The summed E-state index contributed by atoms with van der Waals surface area (Å²) >= 11 is 0. The highest BCUT2D eigenvalue weighted by Crippen LogP contribution is 2.25. The molecule has 84 valence electrons. The number of nitrogens with zero attached hydrogens (tertiary/aromatic N) is 1. The van der Waals surface area contributed by atoms with E-state index in [2.05, 4.69) is 25.8 Å². The Balaban J connectivity index is 2.62. The molecule has 1 aromatic rings. The Kier molecular flexibility index (Phi) is 3.80. The van der Waals surface area contributed by atoms with Crippen LogP contribution >= 0.6 is 0 Å². The molecular weight excluding hydrogens is 191 g/mol. The lowest BCUT2D eigenvalue weighted by molar-refractivity contribution is 0.345. The summed E-state index contributed by atoms with van der Waals surface area (Å²) in [4.78, 5) is 3.98. The van der Waals surface area contributed by atoms with Crippen molar-refractivity contribution in [1.82, 2.24) is 4.98 Å². The molecule has 1 unspecified atom stereocenters. The maximum atomic E-state index is 13.3. The van der Waals surface area contributed by atoms with Gasteiger partial charge in [-0.3, -0.25) is 4.98 Å². The first kappa shape index (κ1) is 12.1. The topological polar surface area (TPSA) is 38.9 Å². The van der Waals surface area contributed by atoms with Crippen molar-refractivity contribution >= 4 is 0 Å². The number of hydrogen-bond donors (Lipinski definition) is 1. The standard InChI is InChI=1S/C12H19FN2/c1-12(2,3)7-6-10(14)11-9(13)5-4-8-15-11/h4-5,8,10H,6-7,14H2,1-3H3. The molecule has 1 atom stereocenters. The molecule has 0 aromatic carbocycles. The van der Waals surface area contributed by atoms with Crippen molar-refractivity contribution in [2.45, 2.75) is 39.7 Å². The van der Waals surface area contributed by atoms with E-state index in [1.54, 1.807) is 12.3 Å². The lowest BCUT2D eigenvalue weighted by Crippen LogP contribution is -2.17. The Hall–Kier alpha value is -0.960. The average Bonchev–Trinajstić information content (AvgIpc) is 2.14. The molecule has 1 aromatic heterocycles. The van der Waals surface area contributed by atoms with E-state index < -0.39 is 0 Å². The minimum Gasteiger partial charge on any atom is -0.323 e. The zero-order chi connectivity index (χ0) is 11.5. The Morgan fingerprint density at radius 2 is 2.13 bits per heavy atom. The molecule has 2 nitrogen and oxygen atoms in total. The molecule has 15 heavy (non-hydrogen) atoms. The van der Waals surface area contributed by atoms with E-state index in [-0.39, 0.29) is 17.3 Å². The summed E-state index contributed by atoms with van der Waals surface area (Å²) in [6, 6.07) is 2.68. The fraction of sp³-hybridized carbons (Fsp3) is 0.583. The van der Waals surface area contributed by atoms with Crippen molar-refractivity contribution in [3.63, 3.8) is 0 Å². The molecule has 0 aliphatic carbocycles. The molecule has 0 radical (unpaired) electrons. The van der Waals surface area contributed by atoms with Gasteiger partial charge in [-0.1, -0.05) is 20.8 Å². The van der Waals surface area contributed by atoms with Gasteiger partial charge in [-0.25, -0.2) is 4.39 Å². The highest BCUT2D eigenvalue weighted by Gasteiger charge is 2.16. The van der Waals surface area contributed by atoms with Crippen molar-refractivity contribution in [3.8, 4) is 0 Å². The van der Waals surface area contributed by atoms with Crippen LogP contribution in [0.3, 0.4) is 0 Å². The summed E-state index contributed by atoms with van der Waals surface area (Å²) in [6.07, 6.45) is 3.30.